The van der Waals surface area contributed by atoms with Gasteiger partial charge >= 0.3 is 0 Å². The van der Waals surface area contributed by atoms with Crippen molar-refractivity contribution in [3.8, 4) is 17.0 Å². The zero-order valence-corrected chi connectivity index (χ0v) is 14.8. The highest BCUT2D eigenvalue weighted by Crippen LogP contribution is 2.21. The maximum atomic E-state index is 12.2. The van der Waals surface area contributed by atoms with E-state index in [-0.39, 0.29) is 5.91 Å². The van der Waals surface area contributed by atoms with E-state index in [4.69, 9.17) is 4.74 Å². The number of nitrogens with zero attached hydrogens (tertiary/aromatic N) is 2. The van der Waals surface area contributed by atoms with Gasteiger partial charge in [-0.2, -0.15) is 10.2 Å². The molecule has 0 fully saturated rings. The van der Waals surface area contributed by atoms with Crippen molar-refractivity contribution in [3.05, 3.63) is 58.4 Å². The van der Waals surface area contributed by atoms with Crippen LogP contribution >= 0.6 is 11.3 Å². The van der Waals surface area contributed by atoms with E-state index in [1.807, 2.05) is 55.6 Å². The first-order valence-electron chi connectivity index (χ1n) is 7.84. The number of H-pyrrole nitrogens is 1. The minimum Gasteiger partial charge on any atom is -0.494 e. The summed E-state index contributed by atoms with van der Waals surface area (Å²) in [4.78, 5) is 13.2. The van der Waals surface area contributed by atoms with Crippen molar-refractivity contribution in [1.82, 2.24) is 15.6 Å². The maximum absolute atomic E-state index is 12.2. The van der Waals surface area contributed by atoms with E-state index in [1.165, 1.54) is 0 Å². The molecule has 2 heterocycles. The van der Waals surface area contributed by atoms with Crippen LogP contribution in [0.3, 0.4) is 0 Å². The molecule has 0 unspecified atom stereocenters. The lowest BCUT2D eigenvalue weighted by molar-refractivity contribution is 0.0950. The van der Waals surface area contributed by atoms with Crippen LogP contribution < -0.4 is 10.2 Å². The molecule has 1 aromatic carbocycles. The van der Waals surface area contributed by atoms with Crippen molar-refractivity contribution in [2.24, 2.45) is 5.10 Å². The third kappa shape index (κ3) is 4.13. The van der Waals surface area contributed by atoms with Gasteiger partial charge in [0.05, 0.1) is 18.0 Å². The van der Waals surface area contributed by atoms with Gasteiger partial charge in [0, 0.05) is 10.4 Å². The number of carbonyl (C=O) groups is 1. The maximum Gasteiger partial charge on any atom is 0.289 e. The quantitative estimate of drug-likeness (QED) is 0.523. The number of nitrogens with one attached hydrogen (secondary N) is 2. The summed E-state index contributed by atoms with van der Waals surface area (Å²) in [6.45, 7) is 4.41. The fourth-order valence-corrected chi connectivity index (χ4v) is 2.89. The van der Waals surface area contributed by atoms with E-state index in [2.05, 4.69) is 20.7 Å². The Labute approximate surface area is 149 Å². The first-order valence-corrected chi connectivity index (χ1v) is 8.72. The summed E-state index contributed by atoms with van der Waals surface area (Å²) < 4.78 is 5.42. The van der Waals surface area contributed by atoms with Crippen LogP contribution in [0, 0.1) is 0 Å². The summed E-state index contributed by atoms with van der Waals surface area (Å²) in [5, 5.41) is 13.0. The topological polar surface area (TPSA) is 79.4 Å². The second-order valence-corrected chi connectivity index (χ2v) is 6.19. The Kier molecular flexibility index (Phi) is 5.25. The number of aromatic amines is 1. The fraction of sp³-hybridized carbons (Fsp3) is 0.167. The van der Waals surface area contributed by atoms with E-state index in [1.54, 1.807) is 17.4 Å². The summed E-state index contributed by atoms with van der Waals surface area (Å²) in [5.74, 6) is 0.471. The average Bonchev–Trinajstić information content (AvgIpc) is 3.32. The lowest BCUT2D eigenvalue weighted by atomic mass is 10.1. The van der Waals surface area contributed by atoms with Crippen molar-refractivity contribution >= 4 is 23.0 Å². The van der Waals surface area contributed by atoms with Crippen molar-refractivity contribution in [2.75, 3.05) is 6.61 Å². The van der Waals surface area contributed by atoms with Crippen LogP contribution in [-0.2, 0) is 0 Å². The number of carbonyl (C=O) groups excluding carboxylic acids is 1. The zero-order valence-electron chi connectivity index (χ0n) is 13.9. The van der Waals surface area contributed by atoms with Crippen LogP contribution in [0.4, 0.5) is 0 Å². The predicted octanol–water partition coefficient (Wildman–Crippen LogP) is 3.69. The van der Waals surface area contributed by atoms with E-state index in [0.717, 1.165) is 21.9 Å². The molecular weight excluding hydrogens is 336 g/mol. The molecule has 3 rings (SSSR count). The Morgan fingerprint density at radius 1 is 1.32 bits per heavy atom. The van der Waals surface area contributed by atoms with Crippen LogP contribution in [0.2, 0.25) is 0 Å². The molecule has 0 aliphatic heterocycles. The van der Waals surface area contributed by atoms with Crippen LogP contribution in [-0.4, -0.2) is 28.4 Å². The first kappa shape index (κ1) is 16.9. The number of rotatable bonds is 6. The lowest BCUT2D eigenvalue weighted by Crippen LogP contribution is -2.19. The van der Waals surface area contributed by atoms with Crippen LogP contribution in [0.25, 0.3) is 11.3 Å². The first-order chi connectivity index (χ1) is 12.2. The van der Waals surface area contributed by atoms with Crippen LogP contribution in [0.15, 0.2) is 52.9 Å². The molecule has 3 aromatic rings. The molecule has 0 saturated carbocycles. The largest absolute Gasteiger partial charge is 0.494 e. The second-order valence-electron chi connectivity index (χ2n) is 5.24. The Morgan fingerprint density at radius 3 is 2.80 bits per heavy atom. The molecule has 0 radical (unpaired) electrons. The summed E-state index contributed by atoms with van der Waals surface area (Å²) >= 11 is 1.57. The van der Waals surface area contributed by atoms with Crippen molar-refractivity contribution < 1.29 is 9.53 Å². The highest BCUT2D eigenvalue weighted by molar-refractivity contribution is 7.12. The molecule has 7 heteroatoms. The van der Waals surface area contributed by atoms with E-state index >= 15 is 0 Å². The fourth-order valence-electron chi connectivity index (χ4n) is 2.21. The van der Waals surface area contributed by atoms with Gasteiger partial charge in [0.2, 0.25) is 0 Å². The normalized spacial score (nSPS) is 11.4. The average molecular weight is 354 g/mol. The number of amides is 1. The van der Waals surface area contributed by atoms with E-state index < -0.39 is 0 Å². The standard InChI is InChI=1S/C18H18N4O2S/c1-3-24-14-8-6-13(7-9-14)15-11-16(21-20-15)18(23)22-19-12(2)17-5-4-10-25-17/h4-11H,3H2,1-2H3,(H,20,21)(H,22,23)/b19-12-. The van der Waals surface area contributed by atoms with Crippen molar-refractivity contribution in [2.45, 2.75) is 13.8 Å². The molecular formula is C18H18N4O2S. The Bertz CT molecular complexity index is 867. The number of ether oxygens (including phenoxy) is 1. The number of hydrogen-bond donors (Lipinski definition) is 2. The van der Waals surface area contributed by atoms with Gasteiger partial charge in [-0.3, -0.25) is 9.89 Å². The van der Waals surface area contributed by atoms with Gasteiger partial charge in [0.25, 0.3) is 5.91 Å². The van der Waals surface area contributed by atoms with Gasteiger partial charge in [0.1, 0.15) is 11.4 Å². The molecule has 0 aliphatic carbocycles. The number of aromatic nitrogens is 2. The second kappa shape index (κ2) is 7.76. The molecule has 0 atom stereocenters. The molecule has 128 valence electrons. The summed E-state index contributed by atoms with van der Waals surface area (Å²) in [6.07, 6.45) is 0. The molecule has 2 aromatic heterocycles. The lowest BCUT2D eigenvalue weighted by Gasteiger charge is -2.02. The zero-order chi connectivity index (χ0) is 17.6. The van der Waals surface area contributed by atoms with Gasteiger partial charge in [-0.1, -0.05) is 6.07 Å². The number of benzene rings is 1. The molecule has 0 saturated heterocycles. The van der Waals surface area contributed by atoms with Crippen molar-refractivity contribution in [3.63, 3.8) is 0 Å². The van der Waals surface area contributed by atoms with Gasteiger partial charge in [-0.15, -0.1) is 11.3 Å². The van der Waals surface area contributed by atoms with Gasteiger partial charge in [-0.05, 0) is 55.6 Å². The molecule has 1 amide bonds. The molecule has 0 bridgehead atoms. The monoisotopic (exact) mass is 354 g/mol. The van der Waals surface area contributed by atoms with Gasteiger partial charge in [-0.25, -0.2) is 5.43 Å². The highest BCUT2D eigenvalue weighted by atomic mass is 32.1. The summed E-state index contributed by atoms with van der Waals surface area (Å²) in [7, 11) is 0. The van der Waals surface area contributed by atoms with Crippen LogP contribution in [0.5, 0.6) is 5.75 Å². The Morgan fingerprint density at radius 2 is 2.12 bits per heavy atom. The van der Waals surface area contributed by atoms with Gasteiger partial charge < -0.3 is 4.74 Å². The van der Waals surface area contributed by atoms with Crippen LogP contribution in [0.1, 0.15) is 29.2 Å². The Hall–Kier alpha value is -2.93. The minimum atomic E-state index is -0.333. The highest BCUT2D eigenvalue weighted by Gasteiger charge is 2.11. The van der Waals surface area contributed by atoms with Crippen molar-refractivity contribution in [1.29, 1.82) is 0 Å². The van der Waals surface area contributed by atoms with E-state index in [0.29, 0.717) is 18.0 Å². The predicted molar refractivity (Wildman–Crippen MR) is 99.2 cm³/mol. The smallest absolute Gasteiger partial charge is 0.289 e. The Balaban J connectivity index is 1.68. The SMILES string of the molecule is CCOc1ccc(-c2cc(C(=O)N/N=C(/C)c3cccs3)[nH]n2)cc1. The molecule has 2 N–H and O–H groups in total. The molecule has 25 heavy (non-hydrogen) atoms. The number of hydrazone groups is 1. The molecule has 0 aliphatic rings. The number of hydrogen-bond acceptors (Lipinski definition) is 5. The summed E-state index contributed by atoms with van der Waals surface area (Å²) in [5.41, 5.74) is 5.24. The third-order valence-electron chi connectivity index (χ3n) is 3.49. The van der Waals surface area contributed by atoms with Gasteiger partial charge in [0.15, 0.2) is 0 Å². The van der Waals surface area contributed by atoms with E-state index in [9.17, 15) is 4.79 Å². The molecule has 6 nitrogen and oxygen atoms in total. The molecule has 0 spiro atoms. The summed E-state index contributed by atoms with van der Waals surface area (Å²) in [6, 6.07) is 13.2. The third-order valence-corrected chi connectivity index (χ3v) is 4.47. The number of thiophene rings is 1. The minimum absolute atomic E-state index is 0.333.